The van der Waals surface area contributed by atoms with Gasteiger partial charge >= 0.3 is 0 Å². The first-order valence-corrected chi connectivity index (χ1v) is 9.04. The third-order valence-electron chi connectivity index (χ3n) is 4.26. The first-order chi connectivity index (χ1) is 9.49. The highest BCUT2D eigenvalue weighted by Crippen LogP contribution is 2.22. The van der Waals surface area contributed by atoms with Gasteiger partial charge in [-0.15, -0.1) is 0 Å². The van der Waals surface area contributed by atoms with Gasteiger partial charge < -0.3 is 5.11 Å². The summed E-state index contributed by atoms with van der Waals surface area (Å²) in [6, 6.07) is 12.0. The molecular weight excluding hydrogens is 260 g/mol. The first-order valence-electron chi connectivity index (χ1n) is 7.33. The Labute approximate surface area is 124 Å². The van der Waals surface area contributed by atoms with Gasteiger partial charge in [-0.3, -0.25) is 0 Å². The summed E-state index contributed by atoms with van der Waals surface area (Å²) in [6.45, 7) is 8.50. The number of aromatic hydroxyl groups is 1. The quantitative estimate of drug-likeness (QED) is 0.856. The van der Waals surface area contributed by atoms with Gasteiger partial charge in [0.1, 0.15) is 5.75 Å². The van der Waals surface area contributed by atoms with E-state index in [1.807, 2.05) is 13.0 Å². The standard InChI is InChI=1S/C18H24OSi/c1-12-6-5-7-18(15(12)4)20-9-8-16-10-14(3)17(19)11-13(16)2/h5-7,10-11,19H,8-9,20H2,1-4H3. The minimum Gasteiger partial charge on any atom is -0.508 e. The lowest BCUT2D eigenvalue weighted by Crippen LogP contribution is -2.18. The Balaban J connectivity index is 2.03. The van der Waals surface area contributed by atoms with Crippen LogP contribution in [0.2, 0.25) is 6.04 Å². The minimum atomic E-state index is -0.206. The predicted octanol–water partition coefficient (Wildman–Crippen LogP) is 3.08. The van der Waals surface area contributed by atoms with E-state index in [2.05, 4.69) is 45.0 Å². The largest absolute Gasteiger partial charge is 0.508 e. The molecule has 0 saturated heterocycles. The number of hydrogen-bond acceptors (Lipinski definition) is 1. The van der Waals surface area contributed by atoms with E-state index in [0.29, 0.717) is 5.75 Å². The van der Waals surface area contributed by atoms with E-state index in [1.54, 1.807) is 5.19 Å². The predicted molar refractivity (Wildman–Crippen MR) is 90.2 cm³/mol. The van der Waals surface area contributed by atoms with Crippen molar-refractivity contribution in [2.24, 2.45) is 0 Å². The summed E-state index contributed by atoms with van der Waals surface area (Å²) < 4.78 is 0. The molecule has 0 aliphatic carbocycles. The number of benzene rings is 2. The molecule has 2 rings (SSSR count). The molecule has 0 fully saturated rings. The second-order valence-electron chi connectivity index (χ2n) is 5.78. The molecule has 0 heterocycles. The fourth-order valence-corrected chi connectivity index (χ4v) is 4.58. The van der Waals surface area contributed by atoms with Crippen molar-refractivity contribution in [3.05, 3.63) is 58.1 Å². The fraction of sp³-hybridized carbons (Fsp3) is 0.333. The molecule has 2 aromatic rings. The molecule has 1 nitrogen and oxygen atoms in total. The number of phenolic OH excluding ortho intramolecular Hbond substituents is 1. The Hall–Kier alpha value is -1.54. The Morgan fingerprint density at radius 1 is 0.950 bits per heavy atom. The number of aryl methyl sites for hydroxylation is 4. The van der Waals surface area contributed by atoms with Crippen LogP contribution in [0.3, 0.4) is 0 Å². The normalized spacial score (nSPS) is 11.4. The zero-order valence-electron chi connectivity index (χ0n) is 13.0. The van der Waals surface area contributed by atoms with Crippen molar-refractivity contribution in [2.45, 2.75) is 40.2 Å². The van der Waals surface area contributed by atoms with Crippen molar-refractivity contribution >= 4 is 14.7 Å². The third-order valence-corrected chi connectivity index (χ3v) is 6.28. The van der Waals surface area contributed by atoms with Gasteiger partial charge in [0.05, 0.1) is 9.52 Å². The average Bonchev–Trinajstić information content (AvgIpc) is 2.40. The Kier molecular flexibility index (Phi) is 4.66. The Morgan fingerprint density at radius 2 is 1.70 bits per heavy atom. The van der Waals surface area contributed by atoms with E-state index in [0.717, 1.165) is 12.0 Å². The van der Waals surface area contributed by atoms with Crippen LogP contribution in [0.25, 0.3) is 0 Å². The van der Waals surface area contributed by atoms with Crippen LogP contribution in [0, 0.1) is 27.7 Å². The molecule has 0 aliphatic rings. The fourth-order valence-electron chi connectivity index (χ4n) is 2.68. The summed E-state index contributed by atoms with van der Waals surface area (Å²) in [4.78, 5) is 0. The molecule has 0 unspecified atom stereocenters. The van der Waals surface area contributed by atoms with Crippen LogP contribution in [-0.2, 0) is 6.42 Å². The van der Waals surface area contributed by atoms with Crippen molar-refractivity contribution in [2.75, 3.05) is 0 Å². The van der Waals surface area contributed by atoms with E-state index < -0.39 is 0 Å². The monoisotopic (exact) mass is 284 g/mol. The molecule has 2 aromatic carbocycles. The average molecular weight is 284 g/mol. The lowest BCUT2D eigenvalue weighted by molar-refractivity contribution is 0.470. The molecule has 0 spiro atoms. The van der Waals surface area contributed by atoms with Gasteiger partial charge in [-0.05, 0) is 68.0 Å². The van der Waals surface area contributed by atoms with Gasteiger partial charge in [-0.25, -0.2) is 0 Å². The van der Waals surface area contributed by atoms with Gasteiger partial charge in [0.2, 0.25) is 0 Å². The van der Waals surface area contributed by atoms with Crippen LogP contribution >= 0.6 is 0 Å². The molecule has 0 saturated carbocycles. The molecule has 2 heteroatoms. The molecule has 1 N–H and O–H groups in total. The van der Waals surface area contributed by atoms with Crippen LogP contribution in [0.1, 0.15) is 27.8 Å². The maximum absolute atomic E-state index is 9.70. The van der Waals surface area contributed by atoms with Gasteiger partial charge in [0, 0.05) is 0 Å². The van der Waals surface area contributed by atoms with Crippen molar-refractivity contribution in [3.8, 4) is 5.75 Å². The molecule has 0 aliphatic heterocycles. The summed E-state index contributed by atoms with van der Waals surface area (Å²) in [5.41, 5.74) is 6.48. The van der Waals surface area contributed by atoms with Crippen molar-refractivity contribution < 1.29 is 5.11 Å². The molecule has 0 aromatic heterocycles. The lowest BCUT2D eigenvalue weighted by atomic mass is 10.0. The molecule has 0 radical (unpaired) electrons. The van der Waals surface area contributed by atoms with Crippen molar-refractivity contribution in [1.29, 1.82) is 0 Å². The molecule has 0 amide bonds. The highest BCUT2D eigenvalue weighted by Gasteiger charge is 2.05. The molecule has 0 bridgehead atoms. The van der Waals surface area contributed by atoms with Gasteiger partial charge in [-0.1, -0.05) is 35.5 Å². The molecule has 106 valence electrons. The van der Waals surface area contributed by atoms with Crippen molar-refractivity contribution in [3.63, 3.8) is 0 Å². The summed E-state index contributed by atoms with van der Waals surface area (Å²) in [7, 11) is -0.206. The van der Waals surface area contributed by atoms with Crippen LogP contribution in [0.15, 0.2) is 30.3 Å². The maximum Gasteiger partial charge on any atom is 0.118 e. The second kappa shape index (κ2) is 6.27. The van der Waals surface area contributed by atoms with E-state index in [4.69, 9.17) is 0 Å². The zero-order valence-corrected chi connectivity index (χ0v) is 14.4. The van der Waals surface area contributed by atoms with Crippen LogP contribution in [0.4, 0.5) is 0 Å². The Bertz CT molecular complexity index is 617. The van der Waals surface area contributed by atoms with E-state index >= 15 is 0 Å². The van der Waals surface area contributed by atoms with Gasteiger partial charge in [-0.2, -0.15) is 0 Å². The number of phenols is 1. The summed E-state index contributed by atoms with van der Waals surface area (Å²) in [5, 5.41) is 11.3. The van der Waals surface area contributed by atoms with Crippen molar-refractivity contribution in [1.82, 2.24) is 0 Å². The zero-order chi connectivity index (χ0) is 14.7. The summed E-state index contributed by atoms with van der Waals surface area (Å²) in [5.74, 6) is 0.415. The smallest absolute Gasteiger partial charge is 0.118 e. The maximum atomic E-state index is 9.70. The molecular formula is C18H24OSi. The SMILES string of the molecule is Cc1cc(CC[SiH2]c2cccc(C)c2C)c(C)cc1O. The Morgan fingerprint density at radius 3 is 2.45 bits per heavy atom. The molecule has 0 atom stereocenters. The van der Waals surface area contributed by atoms with E-state index in [9.17, 15) is 5.11 Å². The van der Waals surface area contributed by atoms with E-state index in [-0.39, 0.29) is 9.52 Å². The van der Waals surface area contributed by atoms with Gasteiger partial charge in [0.15, 0.2) is 0 Å². The highest BCUT2D eigenvalue weighted by molar-refractivity contribution is 6.54. The topological polar surface area (TPSA) is 20.2 Å². The van der Waals surface area contributed by atoms with Gasteiger partial charge in [0.25, 0.3) is 0 Å². The van der Waals surface area contributed by atoms with Crippen LogP contribution < -0.4 is 5.19 Å². The highest BCUT2D eigenvalue weighted by atomic mass is 28.2. The van der Waals surface area contributed by atoms with Crippen LogP contribution in [-0.4, -0.2) is 14.6 Å². The second-order valence-corrected chi connectivity index (χ2v) is 7.75. The third kappa shape index (κ3) is 3.31. The first kappa shape index (κ1) is 14.9. The number of hydrogen-bond donors (Lipinski definition) is 1. The van der Waals surface area contributed by atoms with E-state index in [1.165, 1.54) is 28.3 Å². The molecule has 20 heavy (non-hydrogen) atoms. The number of rotatable bonds is 4. The lowest BCUT2D eigenvalue weighted by Gasteiger charge is -2.10. The summed E-state index contributed by atoms with van der Waals surface area (Å²) >= 11 is 0. The van der Waals surface area contributed by atoms with Crippen LogP contribution in [0.5, 0.6) is 5.75 Å². The minimum absolute atomic E-state index is 0.206. The summed E-state index contributed by atoms with van der Waals surface area (Å²) in [6.07, 6.45) is 1.13.